The van der Waals surface area contributed by atoms with Crippen molar-refractivity contribution in [2.75, 3.05) is 0 Å². The molecular formula is C15H13Cl3O. The molecule has 0 aromatic heterocycles. The summed E-state index contributed by atoms with van der Waals surface area (Å²) in [5.41, 5.74) is 2.79. The van der Waals surface area contributed by atoms with Crippen molar-refractivity contribution < 1.29 is 4.74 Å². The molecule has 0 heterocycles. The van der Waals surface area contributed by atoms with Crippen molar-refractivity contribution in [1.29, 1.82) is 0 Å². The van der Waals surface area contributed by atoms with Gasteiger partial charge in [-0.25, -0.2) is 0 Å². The molecule has 0 aliphatic rings. The first-order chi connectivity index (χ1) is 9.13. The van der Waals surface area contributed by atoms with E-state index in [2.05, 4.69) is 0 Å². The van der Waals surface area contributed by atoms with E-state index in [1.807, 2.05) is 31.2 Å². The molecule has 0 saturated carbocycles. The van der Waals surface area contributed by atoms with Gasteiger partial charge >= 0.3 is 0 Å². The minimum atomic E-state index is 0.327. The second kappa shape index (κ2) is 6.51. The Labute approximate surface area is 128 Å². The van der Waals surface area contributed by atoms with E-state index < -0.39 is 0 Å². The maximum absolute atomic E-state index is 6.12. The van der Waals surface area contributed by atoms with Gasteiger partial charge in [0.05, 0.1) is 5.88 Å². The highest BCUT2D eigenvalue weighted by Crippen LogP contribution is 2.29. The van der Waals surface area contributed by atoms with E-state index in [0.29, 0.717) is 22.5 Å². The number of hydrogen-bond acceptors (Lipinski definition) is 1. The molecule has 1 nitrogen and oxygen atoms in total. The molecule has 0 aliphatic carbocycles. The zero-order valence-corrected chi connectivity index (χ0v) is 12.7. The third-order valence-corrected chi connectivity index (χ3v) is 3.86. The van der Waals surface area contributed by atoms with Crippen molar-refractivity contribution in [2.24, 2.45) is 0 Å². The second-order valence-corrected chi connectivity index (χ2v) is 5.27. The van der Waals surface area contributed by atoms with Gasteiger partial charge in [-0.2, -0.15) is 0 Å². The highest BCUT2D eigenvalue weighted by Gasteiger charge is 2.10. The van der Waals surface area contributed by atoms with Crippen LogP contribution in [0, 0.1) is 6.92 Å². The van der Waals surface area contributed by atoms with E-state index in [1.165, 1.54) is 0 Å². The first-order valence-electron chi connectivity index (χ1n) is 5.83. The minimum absolute atomic E-state index is 0.327. The Morgan fingerprint density at radius 1 is 1.00 bits per heavy atom. The Morgan fingerprint density at radius 2 is 1.63 bits per heavy atom. The normalized spacial score (nSPS) is 10.5. The van der Waals surface area contributed by atoms with Gasteiger partial charge < -0.3 is 4.74 Å². The van der Waals surface area contributed by atoms with E-state index in [1.54, 1.807) is 12.1 Å². The SMILES string of the molecule is Cc1cccc(CCl)c1OCc1c(Cl)cccc1Cl. The number of hydrogen-bond donors (Lipinski definition) is 0. The fraction of sp³-hybridized carbons (Fsp3) is 0.200. The number of ether oxygens (including phenoxy) is 1. The van der Waals surface area contributed by atoms with E-state index in [-0.39, 0.29) is 0 Å². The topological polar surface area (TPSA) is 9.23 Å². The summed E-state index contributed by atoms with van der Waals surface area (Å²) in [6.45, 7) is 2.31. The lowest BCUT2D eigenvalue weighted by molar-refractivity contribution is 0.302. The lowest BCUT2D eigenvalue weighted by Gasteiger charge is -2.14. The number of aryl methyl sites for hydroxylation is 1. The highest BCUT2D eigenvalue weighted by molar-refractivity contribution is 6.35. The van der Waals surface area contributed by atoms with Gasteiger partial charge in [0, 0.05) is 21.2 Å². The number of benzene rings is 2. The van der Waals surface area contributed by atoms with Crippen LogP contribution in [0.4, 0.5) is 0 Å². The third kappa shape index (κ3) is 3.36. The molecule has 2 aromatic rings. The van der Waals surface area contributed by atoms with Crippen LogP contribution >= 0.6 is 34.8 Å². The van der Waals surface area contributed by atoms with Crippen molar-refractivity contribution in [3.63, 3.8) is 0 Å². The van der Waals surface area contributed by atoms with Crippen molar-refractivity contribution in [1.82, 2.24) is 0 Å². The lowest BCUT2D eigenvalue weighted by Crippen LogP contribution is -2.01. The number of alkyl halides is 1. The molecule has 100 valence electrons. The van der Waals surface area contributed by atoms with Crippen LogP contribution in [0.3, 0.4) is 0 Å². The van der Waals surface area contributed by atoms with Crippen LogP contribution in [0.5, 0.6) is 5.75 Å². The van der Waals surface area contributed by atoms with Crippen LogP contribution in [-0.2, 0) is 12.5 Å². The molecule has 2 rings (SSSR count). The second-order valence-electron chi connectivity index (χ2n) is 4.19. The molecule has 0 N–H and O–H groups in total. The van der Waals surface area contributed by atoms with Crippen molar-refractivity contribution in [3.05, 3.63) is 63.1 Å². The Hall–Kier alpha value is -0.890. The maximum atomic E-state index is 6.12. The average molecular weight is 316 g/mol. The van der Waals surface area contributed by atoms with Crippen LogP contribution in [0.25, 0.3) is 0 Å². The Morgan fingerprint density at radius 3 is 2.26 bits per heavy atom. The lowest BCUT2D eigenvalue weighted by atomic mass is 10.1. The number of para-hydroxylation sites is 1. The molecule has 2 aromatic carbocycles. The molecule has 0 unspecified atom stereocenters. The van der Waals surface area contributed by atoms with Crippen molar-refractivity contribution in [3.8, 4) is 5.75 Å². The quantitative estimate of drug-likeness (QED) is 0.665. The first kappa shape index (κ1) is 14.5. The fourth-order valence-electron chi connectivity index (χ4n) is 1.84. The summed E-state index contributed by atoms with van der Waals surface area (Å²) >= 11 is 18.2. The summed E-state index contributed by atoms with van der Waals surface area (Å²) in [5, 5.41) is 1.21. The molecule has 0 amide bonds. The van der Waals surface area contributed by atoms with Crippen molar-refractivity contribution in [2.45, 2.75) is 19.4 Å². The smallest absolute Gasteiger partial charge is 0.127 e. The summed E-state index contributed by atoms with van der Waals surface area (Å²) in [6, 6.07) is 11.3. The summed E-state index contributed by atoms with van der Waals surface area (Å²) in [7, 11) is 0. The van der Waals surface area contributed by atoms with Crippen molar-refractivity contribution >= 4 is 34.8 Å². The van der Waals surface area contributed by atoms with Crippen LogP contribution in [-0.4, -0.2) is 0 Å². The standard InChI is InChI=1S/C15H13Cl3O/c1-10-4-2-5-11(8-16)15(10)19-9-12-13(17)6-3-7-14(12)18/h2-7H,8-9H2,1H3. The number of halogens is 3. The molecule has 0 fully saturated rings. The van der Waals surface area contributed by atoms with Crippen LogP contribution in [0.1, 0.15) is 16.7 Å². The average Bonchev–Trinajstić information content (AvgIpc) is 2.39. The zero-order valence-electron chi connectivity index (χ0n) is 10.4. The van der Waals surface area contributed by atoms with E-state index in [9.17, 15) is 0 Å². The molecule has 19 heavy (non-hydrogen) atoms. The van der Waals surface area contributed by atoms with E-state index in [4.69, 9.17) is 39.5 Å². The monoisotopic (exact) mass is 314 g/mol. The third-order valence-electron chi connectivity index (χ3n) is 2.86. The molecule has 4 heteroatoms. The number of rotatable bonds is 4. The predicted octanol–water partition coefficient (Wildman–Crippen LogP) is 5.62. The Balaban J connectivity index is 2.24. The van der Waals surface area contributed by atoms with Gasteiger partial charge in [0.1, 0.15) is 12.4 Å². The Bertz CT molecular complexity index is 561. The highest BCUT2D eigenvalue weighted by atomic mass is 35.5. The predicted molar refractivity (Wildman–Crippen MR) is 81.5 cm³/mol. The Kier molecular flexibility index (Phi) is 4.98. The van der Waals surface area contributed by atoms with Crippen LogP contribution < -0.4 is 4.74 Å². The molecular weight excluding hydrogens is 303 g/mol. The molecule has 0 radical (unpaired) electrons. The summed E-state index contributed by atoms with van der Waals surface area (Å²) < 4.78 is 5.85. The van der Waals surface area contributed by atoms with Gasteiger partial charge in [-0.1, -0.05) is 47.5 Å². The van der Waals surface area contributed by atoms with Gasteiger partial charge in [-0.15, -0.1) is 11.6 Å². The van der Waals surface area contributed by atoms with Gasteiger partial charge in [-0.05, 0) is 24.6 Å². The molecule has 0 atom stereocenters. The van der Waals surface area contributed by atoms with Crippen LogP contribution in [0.2, 0.25) is 10.0 Å². The van der Waals surface area contributed by atoms with Gasteiger partial charge in [0.25, 0.3) is 0 Å². The molecule has 0 spiro atoms. The summed E-state index contributed by atoms with van der Waals surface area (Å²) in [4.78, 5) is 0. The van der Waals surface area contributed by atoms with Crippen LogP contribution in [0.15, 0.2) is 36.4 Å². The fourth-order valence-corrected chi connectivity index (χ4v) is 2.56. The van der Waals surface area contributed by atoms with Gasteiger partial charge in [-0.3, -0.25) is 0 Å². The maximum Gasteiger partial charge on any atom is 0.127 e. The summed E-state index contributed by atoms with van der Waals surface area (Å²) in [5.74, 6) is 1.21. The largest absolute Gasteiger partial charge is 0.488 e. The van der Waals surface area contributed by atoms with Gasteiger partial charge in [0.2, 0.25) is 0 Å². The molecule has 0 bridgehead atoms. The minimum Gasteiger partial charge on any atom is -0.488 e. The van der Waals surface area contributed by atoms with Gasteiger partial charge in [0.15, 0.2) is 0 Å². The summed E-state index contributed by atoms with van der Waals surface area (Å²) in [6.07, 6.45) is 0. The first-order valence-corrected chi connectivity index (χ1v) is 7.12. The zero-order chi connectivity index (χ0) is 13.8. The molecule has 0 aliphatic heterocycles. The van der Waals surface area contributed by atoms with E-state index >= 15 is 0 Å². The molecule has 0 saturated heterocycles. The van der Waals surface area contributed by atoms with E-state index in [0.717, 1.165) is 22.4 Å².